The number of ether oxygens (including phenoxy) is 1. The van der Waals surface area contributed by atoms with Gasteiger partial charge in [0.05, 0.1) is 24.5 Å². The van der Waals surface area contributed by atoms with Crippen LogP contribution >= 0.6 is 0 Å². The molecule has 1 fully saturated rings. The van der Waals surface area contributed by atoms with Crippen molar-refractivity contribution in [1.29, 1.82) is 0 Å². The first-order valence-corrected chi connectivity index (χ1v) is 10.8. The monoisotopic (exact) mass is 390 g/mol. The molecule has 1 aromatic carbocycles. The number of rotatable bonds is 6. The summed E-state index contributed by atoms with van der Waals surface area (Å²) >= 11 is 0. The number of methoxy groups -OCH3 is 1. The number of sulfonamides is 2. The third kappa shape index (κ3) is 3.96. The minimum Gasteiger partial charge on any atom is -0.495 e. The van der Waals surface area contributed by atoms with Gasteiger partial charge in [-0.3, -0.25) is 4.79 Å². The van der Waals surface area contributed by atoms with E-state index in [-0.39, 0.29) is 34.5 Å². The Hall–Kier alpha value is -1.65. The molecule has 10 heteroatoms. The first kappa shape index (κ1) is 19.7. The zero-order chi connectivity index (χ0) is 19.0. The van der Waals surface area contributed by atoms with Gasteiger partial charge in [0.25, 0.3) is 0 Å². The van der Waals surface area contributed by atoms with Crippen molar-refractivity contribution in [3.63, 3.8) is 0 Å². The minimum atomic E-state index is -3.93. The Labute approximate surface area is 148 Å². The molecule has 0 radical (unpaired) electrons. The van der Waals surface area contributed by atoms with Gasteiger partial charge in [0.15, 0.2) is 0 Å². The molecule has 0 aliphatic carbocycles. The number of anilines is 1. The van der Waals surface area contributed by atoms with Gasteiger partial charge in [0.2, 0.25) is 26.0 Å². The van der Waals surface area contributed by atoms with Gasteiger partial charge in [0, 0.05) is 6.54 Å². The van der Waals surface area contributed by atoms with Crippen LogP contribution in [0.3, 0.4) is 0 Å². The summed E-state index contributed by atoms with van der Waals surface area (Å²) in [4.78, 5) is 12.0. The molecule has 1 heterocycles. The summed E-state index contributed by atoms with van der Waals surface area (Å²) in [6, 6.07) is 3.84. The van der Waals surface area contributed by atoms with Crippen LogP contribution in [-0.2, 0) is 24.8 Å². The molecule has 0 bridgehead atoms. The van der Waals surface area contributed by atoms with Crippen molar-refractivity contribution in [3.8, 4) is 5.75 Å². The van der Waals surface area contributed by atoms with E-state index in [1.54, 1.807) is 0 Å². The highest BCUT2D eigenvalue weighted by Crippen LogP contribution is 2.33. The predicted molar refractivity (Wildman–Crippen MR) is 93.5 cm³/mol. The number of hydrogen-bond acceptors (Lipinski definition) is 6. The SMILES string of the molecule is COc1ccc(N2C(=O)C(C)CS2(=O)=O)cc1S(=O)(=O)NCC(C)C. The topological polar surface area (TPSA) is 110 Å². The van der Waals surface area contributed by atoms with Gasteiger partial charge in [-0.25, -0.2) is 25.9 Å². The number of nitrogens with one attached hydrogen (secondary N) is 1. The Morgan fingerprint density at radius 1 is 1.36 bits per heavy atom. The molecule has 2 rings (SSSR count). The van der Waals surface area contributed by atoms with Gasteiger partial charge >= 0.3 is 0 Å². The fraction of sp³-hybridized carbons (Fsp3) is 0.533. The molecule has 140 valence electrons. The fourth-order valence-electron chi connectivity index (χ4n) is 2.44. The van der Waals surface area contributed by atoms with Crippen molar-refractivity contribution in [2.75, 3.05) is 23.7 Å². The third-order valence-corrected chi connectivity index (χ3v) is 7.03. The lowest BCUT2D eigenvalue weighted by molar-refractivity contribution is -0.119. The molecule has 1 amide bonds. The third-order valence-electron chi connectivity index (χ3n) is 3.71. The molecule has 1 aliphatic heterocycles. The molecule has 1 saturated heterocycles. The van der Waals surface area contributed by atoms with Crippen LogP contribution in [0.25, 0.3) is 0 Å². The lowest BCUT2D eigenvalue weighted by Crippen LogP contribution is -2.31. The van der Waals surface area contributed by atoms with E-state index in [9.17, 15) is 21.6 Å². The number of nitrogens with zero attached hydrogens (tertiary/aromatic N) is 1. The Bertz CT molecular complexity index is 877. The molecular formula is C15H22N2O6S2. The highest BCUT2D eigenvalue weighted by atomic mass is 32.2. The average Bonchev–Trinajstić information content (AvgIpc) is 2.72. The largest absolute Gasteiger partial charge is 0.495 e. The summed E-state index contributed by atoms with van der Waals surface area (Å²) in [6.07, 6.45) is 0. The number of carbonyl (C=O) groups excluding carboxylic acids is 1. The lowest BCUT2D eigenvalue weighted by Gasteiger charge is -2.18. The second-order valence-corrected chi connectivity index (χ2v) is 9.96. The summed E-state index contributed by atoms with van der Waals surface area (Å²) in [5.74, 6) is -1.40. The second-order valence-electron chi connectivity index (χ2n) is 6.36. The molecule has 1 atom stereocenters. The normalized spacial score (nSPS) is 20.3. The van der Waals surface area contributed by atoms with Gasteiger partial charge in [-0.1, -0.05) is 20.8 Å². The maximum absolute atomic E-state index is 12.5. The molecule has 25 heavy (non-hydrogen) atoms. The summed E-state index contributed by atoms with van der Waals surface area (Å²) in [6.45, 7) is 5.44. The highest BCUT2D eigenvalue weighted by Gasteiger charge is 2.42. The van der Waals surface area contributed by atoms with Crippen LogP contribution in [0.5, 0.6) is 5.75 Å². The van der Waals surface area contributed by atoms with Crippen molar-refractivity contribution in [2.24, 2.45) is 11.8 Å². The van der Waals surface area contributed by atoms with E-state index < -0.39 is 31.9 Å². The van der Waals surface area contributed by atoms with Crippen molar-refractivity contribution in [2.45, 2.75) is 25.7 Å². The van der Waals surface area contributed by atoms with Crippen molar-refractivity contribution < 1.29 is 26.4 Å². The standard InChI is InChI=1S/C15H22N2O6S2/c1-10(2)8-16-25(21,22)14-7-12(5-6-13(14)23-4)17-15(18)11(3)9-24(17,19)20/h5-7,10-11,16H,8-9H2,1-4H3. The van der Waals surface area contributed by atoms with E-state index in [4.69, 9.17) is 4.74 Å². The number of benzene rings is 1. The van der Waals surface area contributed by atoms with E-state index in [2.05, 4.69) is 4.72 Å². The maximum atomic E-state index is 12.5. The number of carbonyl (C=O) groups is 1. The Balaban J connectivity index is 2.53. The second kappa shape index (κ2) is 6.93. The first-order chi connectivity index (χ1) is 11.5. The summed E-state index contributed by atoms with van der Waals surface area (Å²) in [5, 5.41) is 0. The average molecular weight is 390 g/mol. The Kier molecular flexibility index (Phi) is 5.45. The van der Waals surface area contributed by atoms with Gasteiger partial charge in [-0.05, 0) is 24.1 Å². The predicted octanol–water partition coefficient (Wildman–Crippen LogP) is 0.942. The number of amides is 1. The van der Waals surface area contributed by atoms with Crippen LogP contribution in [0.4, 0.5) is 5.69 Å². The Morgan fingerprint density at radius 2 is 2.00 bits per heavy atom. The van der Waals surface area contributed by atoms with Crippen LogP contribution < -0.4 is 13.8 Å². The quantitative estimate of drug-likeness (QED) is 0.774. The van der Waals surface area contributed by atoms with Gasteiger partial charge in [-0.15, -0.1) is 0 Å². The van der Waals surface area contributed by atoms with E-state index in [1.807, 2.05) is 13.8 Å². The highest BCUT2D eigenvalue weighted by molar-refractivity contribution is 7.94. The molecule has 1 unspecified atom stereocenters. The number of hydrogen-bond donors (Lipinski definition) is 1. The molecule has 8 nitrogen and oxygen atoms in total. The van der Waals surface area contributed by atoms with Gasteiger partial charge in [0.1, 0.15) is 10.6 Å². The summed E-state index contributed by atoms with van der Waals surface area (Å²) in [7, 11) is -6.43. The van der Waals surface area contributed by atoms with Crippen molar-refractivity contribution >= 4 is 31.6 Å². The lowest BCUT2D eigenvalue weighted by atomic mass is 10.2. The van der Waals surface area contributed by atoms with E-state index in [0.29, 0.717) is 4.31 Å². The van der Waals surface area contributed by atoms with Crippen LogP contribution in [-0.4, -0.2) is 42.2 Å². The minimum absolute atomic E-state index is 0.0138. The van der Waals surface area contributed by atoms with Crippen LogP contribution in [0.1, 0.15) is 20.8 Å². The molecule has 0 spiro atoms. The molecular weight excluding hydrogens is 368 g/mol. The molecule has 1 N–H and O–H groups in total. The fourth-order valence-corrected chi connectivity index (χ4v) is 5.66. The molecule has 0 saturated carbocycles. The van der Waals surface area contributed by atoms with Gasteiger partial charge < -0.3 is 4.74 Å². The summed E-state index contributed by atoms with van der Waals surface area (Å²) < 4.78 is 57.7. The van der Waals surface area contributed by atoms with Crippen molar-refractivity contribution in [1.82, 2.24) is 4.72 Å². The van der Waals surface area contributed by atoms with Gasteiger partial charge in [-0.2, -0.15) is 0 Å². The molecule has 1 aromatic rings. The van der Waals surface area contributed by atoms with Crippen molar-refractivity contribution in [3.05, 3.63) is 18.2 Å². The molecule has 1 aliphatic rings. The zero-order valence-electron chi connectivity index (χ0n) is 14.5. The van der Waals surface area contributed by atoms with E-state index >= 15 is 0 Å². The first-order valence-electron chi connectivity index (χ1n) is 7.74. The van der Waals surface area contributed by atoms with Crippen LogP contribution in [0.15, 0.2) is 23.1 Å². The van der Waals surface area contributed by atoms with E-state index in [1.165, 1.54) is 26.2 Å². The smallest absolute Gasteiger partial charge is 0.244 e. The maximum Gasteiger partial charge on any atom is 0.244 e. The molecule has 0 aromatic heterocycles. The van der Waals surface area contributed by atoms with Crippen LogP contribution in [0, 0.1) is 11.8 Å². The van der Waals surface area contributed by atoms with E-state index in [0.717, 1.165) is 6.07 Å². The Morgan fingerprint density at radius 3 is 2.48 bits per heavy atom. The van der Waals surface area contributed by atoms with Crippen LogP contribution in [0.2, 0.25) is 0 Å². The summed E-state index contributed by atoms with van der Waals surface area (Å²) in [5.41, 5.74) is -0.0138. The zero-order valence-corrected chi connectivity index (χ0v) is 16.1.